The molecule has 1 saturated heterocycles. The van der Waals surface area contributed by atoms with Crippen molar-refractivity contribution < 1.29 is 4.79 Å². The number of nitrogens with one attached hydrogen (secondary N) is 1. The molecule has 2 aliphatic rings. The maximum atomic E-state index is 13.2. The summed E-state index contributed by atoms with van der Waals surface area (Å²) in [5.41, 5.74) is 4.62. The van der Waals surface area contributed by atoms with Crippen molar-refractivity contribution in [2.24, 2.45) is 5.92 Å². The third kappa shape index (κ3) is 5.71. The number of rotatable bonds is 6. The van der Waals surface area contributed by atoms with Crippen LogP contribution in [0.15, 0.2) is 65.3 Å². The Kier molecular flexibility index (Phi) is 7.89. The van der Waals surface area contributed by atoms with E-state index >= 15 is 0 Å². The van der Waals surface area contributed by atoms with Gasteiger partial charge in [0, 0.05) is 41.9 Å². The highest BCUT2D eigenvalue weighted by Gasteiger charge is 2.25. The third-order valence-corrected chi connectivity index (χ3v) is 9.18. The van der Waals surface area contributed by atoms with Gasteiger partial charge in [-0.05, 0) is 77.2 Å². The molecule has 4 aromatic rings. The molecule has 8 heteroatoms. The molecule has 0 radical (unpaired) electrons. The number of aromatic nitrogens is 3. The van der Waals surface area contributed by atoms with E-state index in [9.17, 15) is 4.79 Å². The van der Waals surface area contributed by atoms with Crippen LogP contribution >= 0.6 is 27.5 Å². The summed E-state index contributed by atoms with van der Waals surface area (Å²) in [5, 5.41) is 8.77. The number of amides is 1. The first-order valence-electron chi connectivity index (χ1n) is 14.0. The Balaban J connectivity index is 1.08. The molecule has 2 aromatic carbocycles. The summed E-state index contributed by atoms with van der Waals surface area (Å²) in [6, 6.07) is 18.2. The summed E-state index contributed by atoms with van der Waals surface area (Å²) in [6.07, 6.45) is 10.2. The molecule has 1 saturated carbocycles. The van der Waals surface area contributed by atoms with Gasteiger partial charge in [0.05, 0.1) is 16.4 Å². The number of fused-ring (bicyclic) bond motifs is 1. The van der Waals surface area contributed by atoms with Crippen molar-refractivity contribution in [2.45, 2.75) is 50.9 Å². The lowest BCUT2D eigenvalue weighted by molar-refractivity contribution is 0.0695. The minimum atomic E-state index is 0.151. The van der Waals surface area contributed by atoms with Gasteiger partial charge in [-0.2, -0.15) is 9.61 Å². The summed E-state index contributed by atoms with van der Waals surface area (Å²) in [6.45, 7) is 2.36. The monoisotopic (exact) mass is 605 g/mol. The molecular weight excluding hydrogens is 574 g/mol. The minimum absolute atomic E-state index is 0.151. The molecule has 1 aliphatic carbocycles. The molecule has 0 atom stereocenters. The molecule has 202 valence electrons. The first-order chi connectivity index (χ1) is 19.1. The van der Waals surface area contributed by atoms with Crippen LogP contribution in [0.25, 0.3) is 16.9 Å². The molecule has 0 unspecified atom stereocenters. The second kappa shape index (κ2) is 11.7. The van der Waals surface area contributed by atoms with Crippen LogP contribution in [0.4, 0.5) is 5.82 Å². The van der Waals surface area contributed by atoms with Crippen LogP contribution in [0.3, 0.4) is 0 Å². The SMILES string of the molecule is O=C(c1ccc(C2CCCCC2)cc1)N1CCC(CNc2cc(-c3ccccc3Cl)nc3c(Br)cnn23)CC1. The van der Waals surface area contributed by atoms with E-state index in [1.54, 1.807) is 6.20 Å². The molecule has 1 aliphatic heterocycles. The van der Waals surface area contributed by atoms with Gasteiger partial charge in [0.15, 0.2) is 5.65 Å². The number of hydrogen-bond donors (Lipinski definition) is 1. The molecule has 0 bridgehead atoms. The van der Waals surface area contributed by atoms with Crippen LogP contribution in [-0.4, -0.2) is 45.0 Å². The number of likely N-dealkylation sites (tertiary alicyclic amines) is 1. The zero-order valence-electron chi connectivity index (χ0n) is 22.0. The molecule has 2 fully saturated rings. The largest absolute Gasteiger partial charge is 0.370 e. The van der Waals surface area contributed by atoms with Gasteiger partial charge in [-0.3, -0.25) is 4.79 Å². The van der Waals surface area contributed by atoms with E-state index in [0.29, 0.717) is 16.9 Å². The number of halogens is 2. The molecule has 2 aromatic heterocycles. The van der Waals surface area contributed by atoms with Crippen molar-refractivity contribution in [1.29, 1.82) is 0 Å². The maximum absolute atomic E-state index is 13.2. The van der Waals surface area contributed by atoms with Crippen molar-refractivity contribution in [3.05, 3.63) is 81.4 Å². The van der Waals surface area contributed by atoms with Gasteiger partial charge in [-0.1, -0.05) is 61.2 Å². The lowest BCUT2D eigenvalue weighted by atomic mass is 9.84. The Morgan fingerprint density at radius 1 is 1.00 bits per heavy atom. The van der Waals surface area contributed by atoms with Gasteiger partial charge < -0.3 is 10.2 Å². The fourth-order valence-electron chi connectivity index (χ4n) is 5.97. The van der Waals surface area contributed by atoms with Crippen LogP contribution in [0.5, 0.6) is 0 Å². The van der Waals surface area contributed by atoms with Crippen LogP contribution < -0.4 is 5.32 Å². The predicted molar refractivity (Wildman–Crippen MR) is 161 cm³/mol. The normalized spacial score (nSPS) is 17.0. The van der Waals surface area contributed by atoms with Gasteiger partial charge in [-0.15, -0.1) is 0 Å². The Morgan fingerprint density at radius 3 is 2.49 bits per heavy atom. The number of nitrogens with zero attached hydrogens (tertiary/aromatic N) is 4. The topological polar surface area (TPSA) is 62.5 Å². The van der Waals surface area contributed by atoms with E-state index in [1.807, 2.05) is 51.9 Å². The average molecular weight is 607 g/mol. The lowest BCUT2D eigenvalue weighted by Gasteiger charge is -2.32. The van der Waals surface area contributed by atoms with E-state index in [0.717, 1.165) is 65.2 Å². The van der Waals surface area contributed by atoms with Gasteiger partial charge in [0.2, 0.25) is 0 Å². The van der Waals surface area contributed by atoms with Crippen molar-refractivity contribution in [1.82, 2.24) is 19.5 Å². The third-order valence-electron chi connectivity index (χ3n) is 8.29. The average Bonchev–Trinajstić information content (AvgIpc) is 3.37. The number of hydrogen-bond acceptors (Lipinski definition) is 4. The minimum Gasteiger partial charge on any atom is -0.370 e. The highest BCUT2D eigenvalue weighted by molar-refractivity contribution is 9.10. The standard InChI is InChI=1S/C31H33BrClN5O/c32-26-20-35-38-29(18-28(36-30(26)38)25-8-4-5-9-27(25)33)34-19-21-14-16-37(17-15-21)31(39)24-12-10-23(11-13-24)22-6-2-1-3-7-22/h4-5,8-13,18,20-22,34H,1-3,6-7,14-17,19H2. The van der Waals surface area contributed by atoms with E-state index in [-0.39, 0.29) is 5.91 Å². The van der Waals surface area contributed by atoms with Crippen molar-refractivity contribution in [2.75, 3.05) is 25.0 Å². The maximum Gasteiger partial charge on any atom is 0.253 e. The van der Waals surface area contributed by atoms with Crippen molar-refractivity contribution >= 4 is 44.9 Å². The summed E-state index contributed by atoms with van der Waals surface area (Å²) in [7, 11) is 0. The molecule has 39 heavy (non-hydrogen) atoms. The summed E-state index contributed by atoms with van der Waals surface area (Å²) in [4.78, 5) is 20.0. The molecule has 3 heterocycles. The fraction of sp³-hybridized carbons (Fsp3) is 0.387. The van der Waals surface area contributed by atoms with E-state index in [2.05, 4.69) is 38.5 Å². The van der Waals surface area contributed by atoms with Gasteiger partial charge in [0.1, 0.15) is 5.82 Å². The smallest absolute Gasteiger partial charge is 0.253 e. The number of benzene rings is 2. The van der Waals surface area contributed by atoms with Gasteiger partial charge in [-0.25, -0.2) is 4.98 Å². The van der Waals surface area contributed by atoms with Gasteiger partial charge >= 0.3 is 0 Å². The highest BCUT2D eigenvalue weighted by Crippen LogP contribution is 2.33. The molecular formula is C31H33BrClN5O. The Hall–Kier alpha value is -2.90. The summed E-state index contributed by atoms with van der Waals surface area (Å²) < 4.78 is 2.65. The second-order valence-electron chi connectivity index (χ2n) is 10.8. The number of carbonyl (C=O) groups excluding carboxylic acids is 1. The highest BCUT2D eigenvalue weighted by atomic mass is 79.9. The first-order valence-corrected chi connectivity index (χ1v) is 15.2. The second-order valence-corrected chi connectivity index (χ2v) is 12.1. The number of anilines is 1. The van der Waals surface area contributed by atoms with Crippen LogP contribution in [0.2, 0.25) is 5.02 Å². The molecule has 1 amide bonds. The Labute approximate surface area is 242 Å². The molecule has 1 N–H and O–H groups in total. The lowest BCUT2D eigenvalue weighted by Crippen LogP contribution is -2.40. The first kappa shape index (κ1) is 26.3. The number of piperidine rings is 1. The van der Waals surface area contributed by atoms with E-state index < -0.39 is 0 Å². The summed E-state index contributed by atoms with van der Waals surface area (Å²) in [5.74, 6) is 2.15. The zero-order valence-corrected chi connectivity index (χ0v) is 24.3. The van der Waals surface area contributed by atoms with Gasteiger partial charge in [0.25, 0.3) is 5.91 Å². The molecule has 6 nitrogen and oxygen atoms in total. The number of carbonyl (C=O) groups is 1. The van der Waals surface area contributed by atoms with Crippen molar-refractivity contribution in [3.8, 4) is 11.3 Å². The Morgan fingerprint density at radius 2 is 1.74 bits per heavy atom. The van der Waals surface area contributed by atoms with E-state index in [4.69, 9.17) is 16.6 Å². The zero-order chi connectivity index (χ0) is 26.8. The fourth-order valence-corrected chi connectivity index (χ4v) is 6.56. The molecule has 0 spiro atoms. The van der Waals surface area contributed by atoms with Crippen molar-refractivity contribution in [3.63, 3.8) is 0 Å². The quantitative estimate of drug-likeness (QED) is 0.243. The predicted octanol–water partition coefficient (Wildman–Crippen LogP) is 7.82. The van der Waals surface area contributed by atoms with E-state index in [1.165, 1.54) is 37.7 Å². The Bertz CT molecular complexity index is 1460. The van der Waals surface area contributed by atoms with Crippen LogP contribution in [0.1, 0.15) is 66.8 Å². The van der Waals surface area contributed by atoms with Crippen LogP contribution in [-0.2, 0) is 0 Å². The van der Waals surface area contributed by atoms with Crippen LogP contribution in [0, 0.1) is 5.92 Å². The molecule has 6 rings (SSSR count). The summed E-state index contributed by atoms with van der Waals surface area (Å²) >= 11 is 10.0.